The number of morpholine rings is 1. The predicted octanol–water partition coefficient (Wildman–Crippen LogP) is 0.930. The number of rotatable bonds is 4. The van der Waals surface area contributed by atoms with Crippen molar-refractivity contribution in [3.63, 3.8) is 0 Å². The SMILES string of the molecule is CC(C)N1CC2(COCC1=O)CN(C(=O)COc1ccccc1)CCO2. The minimum absolute atomic E-state index is 0.0201. The molecule has 0 N–H and O–H groups in total. The van der Waals surface area contributed by atoms with Gasteiger partial charge in [0, 0.05) is 12.6 Å². The molecule has 2 heterocycles. The van der Waals surface area contributed by atoms with Crippen LogP contribution >= 0.6 is 0 Å². The third-order valence-corrected chi connectivity index (χ3v) is 4.70. The Kier molecular flexibility index (Phi) is 5.78. The molecule has 26 heavy (non-hydrogen) atoms. The predicted molar refractivity (Wildman–Crippen MR) is 94.9 cm³/mol. The van der Waals surface area contributed by atoms with Gasteiger partial charge >= 0.3 is 0 Å². The van der Waals surface area contributed by atoms with Gasteiger partial charge in [0.1, 0.15) is 18.0 Å². The number of carbonyl (C=O) groups is 2. The van der Waals surface area contributed by atoms with Crippen LogP contribution in [0.5, 0.6) is 5.75 Å². The normalized spacial score (nSPS) is 24.0. The molecule has 0 aliphatic carbocycles. The van der Waals surface area contributed by atoms with E-state index in [1.165, 1.54) is 0 Å². The number of nitrogens with zero attached hydrogens (tertiary/aromatic N) is 2. The van der Waals surface area contributed by atoms with E-state index in [2.05, 4.69) is 0 Å². The first kappa shape index (κ1) is 18.7. The zero-order chi connectivity index (χ0) is 18.6. The van der Waals surface area contributed by atoms with E-state index in [9.17, 15) is 9.59 Å². The molecule has 1 aromatic carbocycles. The maximum absolute atomic E-state index is 12.6. The van der Waals surface area contributed by atoms with Crippen LogP contribution in [0, 0.1) is 0 Å². The van der Waals surface area contributed by atoms with Crippen LogP contribution in [0.15, 0.2) is 30.3 Å². The number of hydrogen-bond donors (Lipinski definition) is 0. The second kappa shape index (κ2) is 8.05. The molecule has 2 aliphatic heterocycles. The van der Waals surface area contributed by atoms with Crippen molar-refractivity contribution in [1.29, 1.82) is 0 Å². The van der Waals surface area contributed by atoms with E-state index in [0.29, 0.717) is 38.6 Å². The van der Waals surface area contributed by atoms with Crippen LogP contribution in [0.3, 0.4) is 0 Å². The summed E-state index contributed by atoms with van der Waals surface area (Å²) in [6.45, 7) is 6.00. The maximum atomic E-state index is 12.6. The Labute approximate surface area is 153 Å². The van der Waals surface area contributed by atoms with Crippen molar-refractivity contribution in [3.8, 4) is 5.75 Å². The molecule has 2 aliphatic rings. The molecule has 1 unspecified atom stereocenters. The summed E-state index contributed by atoms with van der Waals surface area (Å²) >= 11 is 0. The van der Waals surface area contributed by atoms with Gasteiger partial charge in [-0.15, -0.1) is 0 Å². The van der Waals surface area contributed by atoms with Crippen LogP contribution in [0.1, 0.15) is 13.8 Å². The van der Waals surface area contributed by atoms with Crippen LogP contribution < -0.4 is 4.74 Å². The molecule has 1 spiro atoms. The second-order valence-electron chi connectivity index (χ2n) is 7.06. The van der Waals surface area contributed by atoms with Crippen molar-refractivity contribution < 1.29 is 23.8 Å². The van der Waals surface area contributed by atoms with Crippen molar-refractivity contribution in [3.05, 3.63) is 30.3 Å². The Morgan fingerprint density at radius 2 is 2.04 bits per heavy atom. The van der Waals surface area contributed by atoms with E-state index in [4.69, 9.17) is 14.2 Å². The van der Waals surface area contributed by atoms with E-state index in [1.54, 1.807) is 9.80 Å². The molecule has 2 fully saturated rings. The highest BCUT2D eigenvalue weighted by atomic mass is 16.6. The van der Waals surface area contributed by atoms with Gasteiger partial charge < -0.3 is 24.0 Å². The lowest BCUT2D eigenvalue weighted by molar-refractivity contribution is -0.164. The fraction of sp³-hybridized carbons (Fsp3) is 0.579. The number of benzene rings is 1. The van der Waals surface area contributed by atoms with E-state index >= 15 is 0 Å². The molecule has 0 bridgehead atoms. The smallest absolute Gasteiger partial charge is 0.260 e. The summed E-state index contributed by atoms with van der Waals surface area (Å²) < 4.78 is 17.1. The van der Waals surface area contributed by atoms with E-state index < -0.39 is 5.60 Å². The fourth-order valence-corrected chi connectivity index (χ4v) is 3.32. The second-order valence-corrected chi connectivity index (χ2v) is 7.06. The van der Waals surface area contributed by atoms with Gasteiger partial charge in [0.05, 0.1) is 26.3 Å². The Bertz CT molecular complexity index is 636. The summed E-state index contributed by atoms with van der Waals surface area (Å²) in [5, 5.41) is 0. The third kappa shape index (κ3) is 4.34. The molecule has 0 saturated carbocycles. The summed E-state index contributed by atoms with van der Waals surface area (Å²) in [6, 6.07) is 9.32. The monoisotopic (exact) mass is 362 g/mol. The molecule has 1 aromatic rings. The lowest BCUT2D eigenvalue weighted by Crippen LogP contribution is -2.61. The van der Waals surface area contributed by atoms with Crippen LogP contribution in [-0.2, 0) is 19.1 Å². The van der Waals surface area contributed by atoms with E-state index in [-0.39, 0.29) is 31.1 Å². The quantitative estimate of drug-likeness (QED) is 0.797. The van der Waals surface area contributed by atoms with E-state index in [1.807, 2.05) is 44.2 Å². The lowest BCUT2D eigenvalue weighted by Gasteiger charge is -2.43. The van der Waals surface area contributed by atoms with Gasteiger partial charge in [-0.25, -0.2) is 0 Å². The minimum Gasteiger partial charge on any atom is -0.484 e. The number of ether oxygens (including phenoxy) is 3. The number of carbonyl (C=O) groups excluding carboxylic acids is 2. The Morgan fingerprint density at radius 1 is 1.27 bits per heavy atom. The topological polar surface area (TPSA) is 68.3 Å². The first-order valence-electron chi connectivity index (χ1n) is 8.96. The van der Waals surface area contributed by atoms with Gasteiger partial charge in [-0.1, -0.05) is 18.2 Å². The van der Waals surface area contributed by atoms with Crippen molar-refractivity contribution in [1.82, 2.24) is 9.80 Å². The zero-order valence-corrected chi connectivity index (χ0v) is 15.3. The molecule has 142 valence electrons. The summed E-state index contributed by atoms with van der Waals surface area (Å²) in [4.78, 5) is 28.3. The van der Waals surface area contributed by atoms with Crippen molar-refractivity contribution in [2.75, 3.05) is 46.1 Å². The van der Waals surface area contributed by atoms with Gasteiger partial charge in [0.25, 0.3) is 5.91 Å². The molecule has 2 saturated heterocycles. The van der Waals surface area contributed by atoms with Crippen molar-refractivity contribution >= 4 is 11.8 Å². The van der Waals surface area contributed by atoms with Gasteiger partial charge in [-0.2, -0.15) is 0 Å². The van der Waals surface area contributed by atoms with Gasteiger partial charge in [-0.3, -0.25) is 9.59 Å². The van der Waals surface area contributed by atoms with E-state index in [0.717, 1.165) is 0 Å². The molecule has 7 nitrogen and oxygen atoms in total. The molecular formula is C19H26N2O5. The van der Waals surface area contributed by atoms with Crippen LogP contribution in [0.25, 0.3) is 0 Å². The van der Waals surface area contributed by atoms with Gasteiger partial charge in [0.2, 0.25) is 5.91 Å². The number of amides is 2. The highest BCUT2D eigenvalue weighted by molar-refractivity contribution is 5.79. The van der Waals surface area contributed by atoms with Crippen molar-refractivity contribution in [2.24, 2.45) is 0 Å². The summed E-state index contributed by atoms with van der Waals surface area (Å²) in [6.07, 6.45) is 0. The molecule has 0 radical (unpaired) electrons. The van der Waals surface area contributed by atoms with Gasteiger partial charge in [0.15, 0.2) is 6.61 Å². The average molecular weight is 362 g/mol. The molecular weight excluding hydrogens is 336 g/mol. The maximum Gasteiger partial charge on any atom is 0.260 e. The third-order valence-electron chi connectivity index (χ3n) is 4.70. The molecule has 0 aromatic heterocycles. The Morgan fingerprint density at radius 3 is 2.77 bits per heavy atom. The molecule has 1 atom stereocenters. The van der Waals surface area contributed by atoms with Gasteiger partial charge in [-0.05, 0) is 26.0 Å². The first-order valence-corrected chi connectivity index (χ1v) is 8.96. The van der Waals surface area contributed by atoms with Crippen LogP contribution in [0.2, 0.25) is 0 Å². The summed E-state index contributed by atoms with van der Waals surface area (Å²) in [5.41, 5.74) is -0.683. The Balaban J connectivity index is 1.64. The zero-order valence-electron chi connectivity index (χ0n) is 15.3. The standard InChI is InChI=1S/C19H26N2O5/c1-15(2)21-13-19(14-24-10-18(21)23)12-20(8-9-26-19)17(22)11-25-16-6-4-3-5-7-16/h3-7,15H,8-14H2,1-2H3. The Hall–Kier alpha value is -2.12. The minimum atomic E-state index is -0.683. The molecule has 3 rings (SSSR count). The largest absolute Gasteiger partial charge is 0.484 e. The summed E-state index contributed by atoms with van der Waals surface area (Å²) in [7, 11) is 0. The van der Waals surface area contributed by atoms with Crippen LogP contribution in [0.4, 0.5) is 0 Å². The molecule has 7 heteroatoms. The van der Waals surface area contributed by atoms with Crippen molar-refractivity contribution in [2.45, 2.75) is 25.5 Å². The number of hydrogen-bond acceptors (Lipinski definition) is 5. The first-order chi connectivity index (χ1) is 12.5. The molecule has 2 amide bonds. The average Bonchev–Trinajstić information content (AvgIpc) is 2.80. The highest BCUT2D eigenvalue weighted by Crippen LogP contribution is 2.24. The highest BCUT2D eigenvalue weighted by Gasteiger charge is 2.43. The number of para-hydroxylation sites is 1. The summed E-state index contributed by atoms with van der Waals surface area (Å²) in [5.74, 6) is 0.526. The fourth-order valence-electron chi connectivity index (χ4n) is 3.32. The lowest BCUT2D eigenvalue weighted by atomic mass is 10.0. The van der Waals surface area contributed by atoms with Crippen LogP contribution in [-0.4, -0.2) is 79.3 Å².